The summed E-state index contributed by atoms with van der Waals surface area (Å²) in [6.07, 6.45) is -2.57. The highest BCUT2D eigenvalue weighted by atomic mass is 32.2. The standard InChI is InChI=1S/C14H16F3N3O3S2/c1-24-7-6-10(13(21)18-8-14(15,16)17)19-12-9-4-2-3-5-11(9)25(22,23)20-12/h2-5,10H,6-8H2,1H3,(H,18,21)(H,19,20). The lowest BCUT2D eigenvalue weighted by Gasteiger charge is -2.14. The van der Waals surface area contributed by atoms with E-state index in [4.69, 9.17) is 0 Å². The first-order valence-electron chi connectivity index (χ1n) is 7.17. The van der Waals surface area contributed by atoms with Crippen molar-refractivity contribution < 1.29 is 26.4 Å². The van der Waals surface area contributed by atoms with Gasteiger partial charge in [-0.05, 0) is 30.6 Å². The highest BCUT2D eigenvalue weighted by molar-refractivity contribution is 7.98. The Labute approximate surface area is 147 Å². The number of amides is 1. The summed E-state index contributed by atoms with van der Waals surface area (Å²) in [7, 11) is -3.78. The second kappa shape index (κ2) is 7.65. The minimum atomic E-state index is -4.53. The lowest BCUT2D eigenvalue weighted by atomic mass is 10.2. The predicted octanol–water partition coefficient (Wildman–Crippen LogP) is 1.53. The predicted molar refractivity (Wildman–Crippen MR) is 89.2 cm³/mol. The highest BCUT2D eigenvalue weighted by Gasteiger charge is 2.33. The average Bonchev–Trinajstić information content (AvgIpc) is 2.79. The fraction of sp³-hybridized carbons (Fsp3) is 0.429. The first-order valence-corrected chi connectivity index (χ1v) is 10.0. The number of rotatable bonds is 6. The number of alkyl halides is 3. The van der Waals surface area contributed by atoms with Gasteiger partial charge in [-0.15, -0.1) is 0 Å². The maximum Gasteiger partial charge on any atom is 0.405 e. The SMILES string of the molecule is CSCCC(N=C1NS(=O)(=O)c2ccccc21)C(=O)NCC(F)(F)F. The lowest BCUT2D eigenvalue weighted by molar-refractivity contribution is -0.139. The number of benzene rings is 1. The monoisotopic (exact) mass is 395 g/mol. The van der Waals surface area contributed by atoms with Crippen LogP contribution in [-0.4, -0.2) is 50.9 Å². The van der Waals surface area contributed by atoms with Gasteiger partial charge in [0, 0.05) is 5.56 Å². The third-order valence-corrected chi connectivity index (χ3v) is 5.35. The van der Waals surface area contributed by atoms with Crippen LogP contribution in [0.4, 0.5) is 13.2 Å². The number of sulfonamides is 1. The smallest absolute Gasteiger partial charge is 0.345 e. The van der Waals surface area contributed by atoms with E-state index in [1.807, 2.05) is 0 Å². The molecule has 0 bridgehead atoms. The number of fused-ring (bicyclic) bond motifs is 1. The van der Waals surface area contributed by atoms with Gasteiger partial charge in [-0.25, -0.2) is 8.42 Å². The quantitative estimate of drug-likeness (QED) is 0.765. The van der Waals surface area contributed by atoms with Gasteiger partial charge in [-0.1, -0.05) is 12.1 Å². The Balaban J connectivity index is 2.27. The van der Waals surface area contributed by atoms with E-state index in [2.05, 4.69) is 9.71 Å². The summed E-state index contributed by atoms with van der Waals surface area (Å²) in [4.78, 5) is 16.2. The molecule has 0 radical (unpaired) electrons. The van der Waals surface area contributed by atoms with Crippen LogP contribution in [0.2, 0.25) is 0 Å². The number of aliphatic imine (C=N–C) groups is 1. The first-order chi connectivity index (χ1) is 11.6. The van der Waals surface area contributed by atoms with Crippen molar-refractivity contribution in [2.45, 2.75) is 23.5 Å². The Morgan fingerprint density at radius 1 is 1.36 bits per heavy atom. The topological polar surface area (TPSA) is 87.6 Å². The second-order valence-electron chi connectivity index (χ2n) is 5.21. The summed E-state index contributed by atoms with van der Waals surface area (Å²) >= 11 is 1.40. The van der Waals surface area contributed by atoms with E-state index in [9.17, 15) is 26.4 Å². The molecule has 0 aromatic heterocycles. The highest BCUT2D eigenvalue weighted by Crippen LogP contribution is 2.23. The van der Waals surface area contributed by atoms with Gasteiger partial charge in [0.05, 0.1) is 4.90 Å². The van der Waals surface area contributed by atoms with E-state index in [0.717, 1.165) is 0 Å². The number of amidine groups is 1. The number of hydrogen-bond donors (Lipinski definition) is 2. The van der Waals surface area contributed by atoms with Crippen LogP contribution in [0.3, 0.4) is 0 Å². The third kappa shape index (κ3) is 5.11. The average molecular weight is 395 g/mol. The maximum absolute atomic E-state index is 12.3. The van der Waals surface area contributed by atoms with Crippen molar-refractivity contribution in [2.24, 2.45) is 4.99 Å². The molecule has 25 heavy (non-hydrogen) atoms. The van der Waals surface area contributed by atoms with E-state index < -0.39 is 34.7 Å². The molecule has 6 nitrogen and oxygen atoms in total. The van der Waals surface area contributed by atoms with Gasteiger partial charge in [-0.3, -0.25) is 14.5 Å². The largest absolute Gasteiger partial charge is 0.405 e. The van der Waals surface area contributed by atoms with Crippen molar-refractivity contribution in [3.8, 4) is 0 Å². The normalized spacial score (nSPS) is 18.5. The summed E-state index contributed by atoms with van der Waals surface area (Å²) in [6.45, 7) is -1.46. The molecule has 0 aliphatic carbocycles. The van der Waals surface area contributed by atoms with E-state index in [1.165, 1.54) is 23.9 Å². The molecule has 1 unspecified atom stereocenters. The molecule has 0 fully saturated rings. The van der Waals surface area contributed by atoms with E-state index >= 15 is 0 Å². The summed E-state index contributed by atoms with van der Waals surface area (Å²) < 4.78 is 63.2. The molecule has 1 aromatic carbocycles. The molecule has 1 aromatic rings. The van der Waals surface area contributed by atoms with E-state index in [0.29, 0.717) is 11.3 Å². The Kier molecular flexibility index (Phi) is 5.99. The summed E-state index contributed by atoms with van der Waals surface area (Å²) in [5, 5.41) is 1.79. The van der Waals surface area contributed by atoms with Crippen molar-refractivity contribution in [1.82, 2.24) is 10.0 Å². The molecular formula is C14H16F3N3O3S2. The maximum atomic E-state index is 12.3. The first kappa shape index (κ1) is 19.6. The molecule has 0 saturated carbocycles. The van der Waals surface area contributed by atoms with Crippen LogP contribution in [0.5, 0.6) is 0 Å². The summed E-state index contributed by atoms with van der Waals surface area (Å²) in [6, 6.07) is 4.93. The van der Waals surface area contributed by atoms with E-state index in [-0.39, 0.29) is 17.2 Å². The Hall–Kier alpha value is -1.75. The molecule has 1 atom stereocenters. The van der Waals surface area contributed by atoms with Crippen molar-refractivity contribution in [2.75, 3.05) is 18.6 Å². The zero-order valence-electron chi connectivity index (χ0n) is 13.1. The van der Waals surface area contributed by atoms with Gasteiger partial charge in [0.25, 0.3) is 10.0 Å². The van der Waals surface area contributed by atoms with Crippen molar-refractivity contribution in [3.05, 3.63) is 29.8 Å². The number of halogens is 3. The Morgan fingerprint density at radius 3 is 2.68 bits per heavy atom. The van der Waals surface area contributed by atoms with Gasteiger partial charge >= 0.3 is 6.18 Å². The third-order valence-electron chi connectivity index (χ3n) is 3.31. The van der Waals surface area contributed by atoms with Crippen molar-refractivity contribution in [3.63, 3.8) is 0 Å². The molecule has 138 valence electrons. The zero-order valence-corrected chi connectivity index (χ0v) is 14.8. The molecule has 1 amide bonds. The summed E-state index contributed by atoms with van der Waals surface area (Å²) in [5.41, 5.74) is 0.292. The fourth-order valence-electron chi connectivity index (χ4n) is 2.17. The number of carbonyl (C=O) groups excluding carboxylic acids is 1. The molecule has 1 heterocycles. The number of nitrogens with one attached hydrogen (secondary N) is 2. The number of nitrogens with zero attached hydrogens (tertiary/aromatic N) is 1. The van der Waals surface area contributed by atoms with Crippen LogP contribution in [0.25, 0.3) is 0 Å². The van der Waals surface area contributed by atoms with Gasteiger partial charge in [0.2, 0.25) is 5.91 Å². The van der Waals surface area contributed by atoms with Crippen LogP contribution in [0.1, 0.15) is 12.0 Å². The molecule has 0 spiro atoms. The van der Waals surface area contributed by atoms with Crippen molar-refractivity contribution >= 4 is 33.5 Å². The second-order valence-corrected chi connectivity index (χ2v) is 7.85. The van der Waals surface area contributed by atoms with Gasteiger partial charge < -0.3 is 5.32 Å². The molecule has 11 heteroatoms. The van der Waals surface area contributed by atoms with E-state index in [1.54, 1.807) is 23.7 Å². The molecular weight excluding hydrogens is 379 g/mol. The van der Waals surface area contributed by atoms with Gasteiger partial charge in [0.1, 0.15) is 18.4 Å². The number of carbonyl (C=O) groups is 1. The number of thioether (sulfide) groups is 1. The van der Waals surface area contributed by atoms with Crippen LogP contribution in [0.15, 0.2) is 34.2 Å². The zero-order chi connectivity index (χ0) is 18.7. The lowest BCUT2D eigenvalue weighted by Crippen LogP contribution is -2.40. The molecule has 0 saturated heterocycles. The van der Waals surface area contributed by atoms with Gasteiger partial charge in [0.15, 0.2) is 0 Å². The minimum Gasteiger partial charge on any atom is -0.345 e. The summed E-state index contributed by atoms with van der Waals surface area (Å²) in [5.74, 6) is -0.457. The molecule has 1 aliphatic heterocycles. The van der Waals surface area contributed by atoms with Crippen LogP contribution >= 0.6 is 11.8 Å². The van der Waals surface area contributed by atoms with Crippen LogP contribution in [-0.2, 0) is 14.8 Å². The van der Waals surface area contributed by atoms with Crippen LogP contribution in [0, 0.1) is 0 Å². The van der Waals surface area contributed by atoms with Gasteiger partial charge in [-0.2, -0.15) is 24.9 Å². The number of hydrogen-bond acceptors (Lipinski definition) is 5. The molecule has 2 N–H and O–H groups in total. The Bertz CT molecular complexity index is 779. The van der Waals surface area contributed by atoms with Crippen molar-refractivity contribution in [1.29, 1.82) is 0 Å². The van der Waals surface area contributed by atoms with Crippen LogP contribution < -0.4 is 10.0 Å². The Morgan fingerprint density at radius 2 is 2.04 bits per heavy atom. The molecule has 1 aliphatic rings. The minimum absolute atomic E-state index is 0.0214. The molecule has 2 rings (SSSR count). The fourth-order valence-corrected chi connectivity index (χ4v) is 3.87.